The first kappa shape index (κ1) is 15.3. The maximum Gasteiger partial charge on any atom is 0.235 e. The molecular formula is C11H26N4O. The number of primary amides is 1. The largest absolute Gasteiger partial charge is 0.368 e. The fourth-order valence-electron chi connectivity index (χ4n) is 1.63. The van der Waals surface area contributed by atoms with Gasteiger partial charge in [0.25, 0.3) is 0 Å². The van der Waals surface area contributed by atoms with Crippen LogP contribution in [0.4, 0.5) is 0 Å². The Hall–Kier alpha value is -0.650. The molecule has 0 aromatic heterocycles. The van der Waals surface area contributed by atoms with Crippen LogP contribution in [0.1, 0.15) is 20.3 Å². The van der Waals surface area contributed by atoms with Crippen molar-refractivity contribution in [2.75, 3.05) is 27.2 Å². The summed E-state index contributed by atoms with van der Waals surface area (Å²) in [6.45, 7) is 5.74. The van der Waals surface area contributed by atoms with Gasteiger partial charge in [-0.15, -0.1) is 0 Å². The fraction of sp³-hybridized carbons (Fsp3) is 0.909. The molecule has 2 unspecified atom stereocenters. The maximum atomic E-state index is 10.8. The Balaban J connectivity index is 4.05. The molecule has 0 radical (unpaired) electrons. The summed E-state index contributed by atoms with van der Waals surface area (Å²) in [7, 11) is 4.06. The number of carbonyl (C=O) groups is 1. The van der Waals surface area contributed by atoms with E-state index in [-0.39, 0.29) is 0 Å². The van der Waals surface area contributed by atoms with E-state index in [0.29, 0.717) is 18.5 Å². The van der Waals surface area contributed by atoms with Gasteiger partial charge >= 0.3 is 0 Å². The number of carbonyl (C=O) groups excluding carboxylic acids is 1. The van der Waals surface area contributed by atoms with Crippen LogP contribution in [0.25, 0.3) is 0 Å². The highest BCUT2D eigenvalue weighted by atomic mass is 16.1. The molecule has 2 atom stereocenters. The molecule has 1 amide bonds. The van der Waals surface area contributed by atoms with Crippen molar-refractivity contribution in [3.63, 3.8) is 0 Å². The average molecular weight is 230 g/mol. The highest BCUT2D eigenvalue weighted by Crippen LogP contribution is 2.05. The highest BCUT2D eigenvalue weighted by molar-refractivity contribution is 5.79. The van der Waals surface area contributed by atoms with Crippen LogP contribution in [0, 0.1) is 5.92 Å². The molecule has 5 N–H and O–H groups in total. The first-order valence-corrected chi connectivity index (χ1v) is 5.76. The monoisotopic (exact) mass is 230 g/mol. The van der Waals surface area contributed by atoms with Crippen LogP contribution < -0.4 is 16.8 Å². The number of likely N-dealkylation sites (N-methyl/N-ethyl adjacent to an activating group) is 1. The molecule has 0 aliphatic rings. The Morgan fingerprint density at radius 1 is 1.38 bits per heavy atom. The van der Waals surface area contributed by atoms with Crippen LogP contribution in [0.15, 0.2) is 0 Å². The summed E-state index contributed by atoms with van der Waals surface area (Å²) >= 11 is 0. The van der Waals surface area contributed by atoms with Gasteiger partial charge in [-0.2, -0.15) is 0 Å². The van der Waals surface area contributed by atoms with E-state index in [2.05, 4.69) is 24.1 Å². The quantitative estimate of drug-likeness (QED) is 0.518. The summed E-state index contributed by atoms with van der Waals surface area (Å²) in [5, 5.41) is 3.30. The van der Waals surface area contributed by atoms with Crippen LogP contribution in [-0.4, -0.2) is 50.1 Å². The Kier molecular flexibility index (Phi) is 7.29. The van der Waals surface area contributed by atoms with Crippen molar-refractivity contribution >= 4 is 5.91 Å². The van der Waals surface area contributed by atoms with E-state index in [1.54, 1.807) is 0 Å². The zero-order valence-corrected chi connectivity index (χ0v) is 10.9. The van der Waals surface area contributed by atoms with E-state index in [4.69, 9.17) is 11.5 Å². The summed E-state index contributed by atoms with van der Waals surface area (Å²) in [6, 6.07) is -0.253. The van der Waals surface area contributed by atoms with Crippen LogP contribution in [0.2, 0.25) is 0 Å². The Labute approximate surface area is 98.5 Å². The van der Waals surface area contributed by atoms with Crippen LogP contribution in [0.5, 0.6) is 0 Å². The molecule has 0 bridgehead atoms. The number of nitrogens with zero attached hydrogens (tertiary/aromatic N) is 1. The predicted molar refractivity (Wildman–Crippen MR) is 67.0 cm³/mol. The number of nitrogens with two attached hydrogens (primary N) is 2. The SMILES string of the molecule is CC(C)CC(CN(C)C)NCC(N)C(N)=O. The van der Waals surface area contributed by atoms with Crippen LogP contribution in [-0.2, 0) is 4.79 Å². The molecule has 96 valence electrons. The van der Waals surface area contributed by atoms with Gasteiger partial charge in [-0.05, 0) is 26.4 Å². The first-order valence-electron chi connectivity index (χ1n) is 5.76. The molecule has 0 spiro atoms. The van der Waals surface area contributed by atoms with Gasteiger partial charge in [0.2, 0.25) is 5.91 Å². The van der Waals surface area contributed by atoms with E-state index in [9.17, 15) is 4.79 Å². The number of rotatable bonds is 8. The minimum atomic E-state index is -0.600. The molecule has 0 saturated carbocycles. The molecular weight excluding hydrogens is 204 g/mol. The number of hydrogen-bond acceptors (Lipinski definition) is 4. The molecule has 0 aliphatic carbocycles. The minimum absolute atomic E-state index is 0.348. The van der Waals surface area contributed by atoms with Crippen molar-refractivity contribution in [3.05, 3.63) is 0 Å². The average Bonchev–Trinajstić information content (AvgIpc) is 2.11. The smallest absolute Gasteiger partial charge is 0.235 e. The van der Waals surface area contributed by atoms with Crippen molar-refractivity contribution in [3.8, 4) is 0 Å². The van der Waals surface area contributed by atoms with Crippen molar-refractivity contribution in [1.82, 2.24) is 10.2 Å². The summed E-state index contributed by atoms with van der Waals surface area (Å²) in [6.07, 6.45) is 1.06. The number of nitrogens with one attached hydrogen (secondary N) is 1. The van der Waals surface area contributed by atoms with Crippen LogP contribution in [0.3, 0.4) is 0 Å². The molecule has 0 fully saturated rings. The molecule has 0 aromatic rings. The second-order valence-corrected chi connectivity index (χ2v) is 5.01. The lowest BCUT2D eigenvalue weighted by atomic mass is 10.0. The summed E-state index contributed by atoms with van der Waals surface area (Å²) < 4.78 is 0. The summed E-state index contributed by atoms with van der Waals surface area (Å²) in [5.41, 5.74) is 10.7. The standard InChI is InChI=1S/C11H26N4O/c1-8(2)5-9(7-15(3)4)14-6-10(12)11(13)16/h8-10,14H,5-7,12H2,1-4H3,(H2,13,16). The zero-order valence-electron chi connectivity index (χ0n) is 10.9. The minimum Gasteiger partial charge on any atom is -0.368 e. The lowest BCUT2D eigenvalue weighted by Crippen LogP contribution is -2.49. The Morgan fingerprint density at radius 2 is 1.94 bits per heavy atom. The number of hydrogen-bond donors (Lipinski definition) is 3. The normalized spacial score (nSPS) is 15.4. The van der Waals surface area contributed by atoms with Gasteiger partial charge in [-0.3, -0.25) is 4.79 Å². The topological polar surface area (TPSA) is 84.4 Å². The summed E-state index contributed by atoms with van der Waals surface area (Å²) in [4.78, 5) is 12.9. The molecule has 0 saturated heterocycles. The van der Waals surface area contributed by atoms with E-state index in [1.807, 2.05) is 14.1 Å². The third-order valence-corrected chi connectivity index (χ3v) is 2.33. The third-order valence-electron chi connectivity index (χ3n) is 2.33. The molecule has 16 heavy (non-hydrogen) atoms. The van der Waals surface area contributed by atoms with E-state index in [0.717, 1.165) is 13.0 Å². The molecule has 0 aliphatic heterocycles. The molecule has 0 rings (SSSR count). The van der Waals surface area contributed by atoms with Crippen molar-refractivity contribution in [1.29, 1.82) is 0 Å². The predicted octanol–water partition coefficient (Wildman–Crippen LogP) is -0.635. The van der Waals surface area contributed by atoms with Gasteiger partial charge in [0.15, 0.2) is 0 Å². The van der Waals surface area contributed by atoms with Crippen molar-refractivity contribution in [2.45, 2.75) is 32.4 Å². The molecule has 5 nitrogen and oxygen atoms in total. The second kappa shape index (κ2) is 7.60. The first-order chi connectivity index (χ1) is 7.32. The highest BCUT2D eigenvalue weighted by Gasteiger charge is 2.15. The van der Waals surface area contributed by atoms with E-state index in [1.165, 1.54) is 0 Å². The Morgan fingerprint density at radius 3 is 2.31 bits per heavy atom. The number of amides is 1. The van der Waals surface area contributed by atoms with Gasteiger partial charge in [0.1, 0.15) is 0 Å². The van der Waals surface area contributed by atoms with Gasteiger partial charge in [0.05, 0.1) is 6.04 Å². The lowest BCUT2D eigenvalue weighted by molar-refractivity contribution is -0.119. The van der Waals surface area contributed by atoms with Gasteiger partial charge in [-0.25, -0.2) is 0 Å². The second-order valence-electron chi connectivity index (χ2n) is 5.01. The van der Waals surface area contributed by atoms with Gasteiger partial charge in [-0.1, -0.05) is 13.8 Å². The zero-order chi connectivity index (χ0) is 12.7. The van der Waals surface area contributed by atoms with Gasteiger partial charge < -0.3 is 21.7 Å². The van der Waals surface area contributed by atoms with E-state index >= 15 is 0 Å². The van der Waals surface area contributed by atoms with Crippen molar-refractivity contribution in [2.24, 2.45) is 17.4 Å². The summed E-state index contributed by atoms with van der Waals surface area (Å²) in [5.74, 6) is 0.155. The van der Waals surface area contributed by atoms with Crippen LogP contribution >= 0.6 is 0 Å². The molecule has 0 heterocycles. The van der Waals surface area contributed by atoms with E-state index < -0.39 is 11.9 Å². The Bertz CT molecular complexity index is 196. The molecule has 5 heteroatoms. The van der Waals surface area contributed by atoms with Crippen molar-refractivity contribution < 1.29 is 4.79 Å². The maximum absolute atomic E-state index is 10.8. The third kappa shape index (κ3) is 7.62. The van der Waals surface area contributed by atoms with Gasteiger partial charge in [0, 0.05) is 19.1 Å². The lowest BCUT2D eigenvalue weighted by Gasteiger charge is -2.25. The fourth-order valence-corrected chi connectivity index (χ4v) is 1.63. The molecule has 0 aromatic carbocycles.